The number of hydrogen-bond acceptors (Lipinski definition) is 0. The molecule has 20 heavy (non-hydrogen) atoms. The molecule has 2 atom stereocenters. The van der Waals surface area contributed by atoms with Gasteiger partial charge in [-0.05, 0) is 46.8 Å². The molecule has 0 N–H and O–H groups in total. The Labute approximate surface area is 130 Å². The maximum Gasteiger partial charge on any atom is -0.0192 e. The maximum atomic E-state index is 2.50. The molecule has 0 aliphatic carbocycles. The van der Waals surface area contributed by atoms with Crippen molar-refractivity contribution in [2.45, 2.75) is 89.0 Å². The zero-order chi connectivity index (χ0) is 16.3. The summed E-state index contributed by atoms with van der Waals surface area (Å²) in [6.45, 7) is 26.9. The molecule has 0 aliphatic heterocycles. The summed E-state index contributed by atoms with van der Waals surface area (Å²) < 4.78 is 0. The lowest BCUT2D eigenvalue weighted by Crippen LogP contribution is -2.50. The molecule has 0 heterocycles. The summed E-state index contributed by atoms with van der Waals surface area (Å²) >= 11 is 0. The lowest BCUT2D eigenvalue weighted by molar-refractivity contribution is -0.0840. The largest absolute Gasteiger partial charge is 0.0651 e. The fourth-order valence-corrected chi connectivity index (χ4v) is 5.09. The van der Waals surface area contributed by atoms with Gasteiger partial charge in [0.05, 0.1) is 0 Å². The van der Waals surface area contributed by atoms with Crippen LogP contribution in [0.15, 0.2) is 0 Å². The Bertz CT molecular complexity index is 256. The summed E-state index contributed by atoms with van der Waals surface area (Å²) in [5, 5.41) is 0. The third kappa shape index (κ3) is 4.01. The van der Waals surface area contributed by atoms with Gasteiger partial charge in [0.25, 0.3) is 0 Å². The second-order valence-corrected chi connectivity index (χ2v) is 9.17. The van der Waals surface area contributed by atoms with E-state index in [4.69, 9.17) is 0 Å². The van der Waals surface area contributed by atoms with Crippen molar-refractivity contribution >= 4 is 0 Å². The normalized spacial score (nSPS) is 17.1. The first kappa shape index (κ1) is 20.0. The molecule has 0 radical (unpaired) electrons. The van der Waals surface area contributed by atoms with Crippen molar-refractivity contribution in [2.75, 3.05) is 0 Å². The maximum absolute atomic E-state index is 2.50. The molecule has 0 nitrogen and oxygen atoms in total. The predicted molar refractivity (Wildman–Crippen MR) is 94.0 cm³/mol. The Morgan fingerprint density at radius 1 is 0.750 bits per heavy atom. The standard InChI is InChI=1S/C20H42/c1-12-17(8)20(15(4)5,16(6)7)18(13-14(2)3)19(9,10)11/h14-18H,12-13H2,1-11H3. The summed E-state index contributed by atoms with van der Waals surface area (Å²) in [7, 11) is 0. The van der Waals surface area contributed by atoms with E-state index < -0.39 is 0 Å². The van der Waals surface area contributed by atoms with Crippen molar-refractivity contribution in [1.82, 2.24) is 0 Å². The second-order valence-electron chi connectivity index (χ2n) is 9.17. The van der Waals surface area contributed by atoms with Crippen LogP contribution in [0.5, 0.6) is 0 Å². The Hall–Kier alpha value is 0. The van der Waals surface area contributed by atoms with E-state index in [1.165, 1.54) is 12.8 Å². The van der Waals surface area contributed by atoms with E-state index >= 15 is 0 Å². The van der Waals surface area contributed by atoms with Gasteiger partial charge in [-0.1, -0.05) is 82.6 Å². The average Bonchev–Trinajstić information content (AvgIpc) is 2.25. The molecule has 0 amide bonds. The van der Waals surface area contributed by atoms with Crippen molar-refractivity contribution in [3.05, 3.63) is 0 Å². The summed E-state index contributed by atoms with van der Waals surface area (Å²) in [5.41, 5.74) is 0.819. The highest BCUT2D eigenvalue weighted by atomic mass is 14.6. The molecule has 0 saturated heterocycles. The van der Waals surface area contributed by atoms with Crippen LogP contribution in [0.2, 0.25) is 0 Å². The van der Waals surface area contributed by atoms with Gasteiger partial charge in [0.2, 0.25) is 0 Å². The minimum Gasteiger partial charge on any atom is -0.0651 e. The number of rotatable bonds is 7. The Kier molecular flexibility index (Phi) is 7.32. The smallest absolute Gasteiger partial charge is 0.0192 e. The van der Waals surface area contributed by atoms with Crippen molar-refractivity contribution in [3.8, 4) is 0 Å². The van der Waals surface area contributed by atoms with Crippen molar-refractivity contribution < 1.29 is 0 Å². The summed E-state index contributed by atoms with van der Waals surface area (Å²) in [6, 6.07) is 0. The first-order valence-corrected chi connectivity index (χ1v) is 8.92. The summed E-state index contributed by atoms with van der Waals surface area (Å²) in [6.07, 6.45) is 2.64. The summed E-state index contributed by atoms with van der Waals surface area (Å²) in [5.74, 6) is 3.82. The minimum absolute atomic E-state index is 0.377. The van der Waals surface area contributed by atoms with Gasteiger partial charge in [-0.3, -0.25) is 0 Å². The number of hydrogen-bond donors (Lipinski definition) is 0. The zero-order valence-electron chi connectivity index (χ0n) is 16.3. The van der Waals surface area contributed by atoms with E-state index in [-0.39, 0.29) is 0 Å². The van der Waals surface area contributed by atoms with E-state index in [9.17, 15) is 0 Å². The Morgan fingerprint density at radius 3 is 1.35 bits per heavy atom. The van der Waals surface area contributed by atoms with Crippen LogP contribution >= 0.6 is 0 Å². The molecule has 0 heteroatoms. The highest BCUT2D eigenvalue weighted by Crippen LogP contribution is 2.57. The van der Waals surface area contributed by atoms with Gasteiger partial charge in [0.1, 0.15) is 0 Å². The van der Waals surface area contributed by atoms with Crippen molar-refractivity contribution in [2.24, 2.45) is 40.4 Å². The second kappa shape index (κ2) is 7.32. The van der Waals surface area contributed by atoms with Crippen LogP contribution in [0.1, 0.15) is 89.0 Å². The minimum atomic E-state index is 0.377. The van der Waals surface area contributed by atoms with Gasteiger partial charge in [-0.25, -0.2) is 0 Å². The van der Waals surface area contributed by atoms with Gasteiger partial charge in [0.15, 0.2) is 0 Å². The van der Waals surface area contributed by atoms with Gasteiger partial charge >= 0.3 is 0 Å². The summed E-state index contributed by atoms with van der Waals surface area (Å²) in [4.78, 5) is 0. The van der Waals surface area contributed by atoms with Crippen molar-refractivity contribution in [1.29, 1.82) is 0 Å². The van der Waals surface area contributed by atoms with E-state index in [1.54, 1.807) is 0 Å². The van der Waals surface area contributed by atoms with Gasteiger partial charge in [-0.2, -0.15) is 0 Å². The van der Waals surface area contributed by atoms with Crippen molar-refractivity contribution in [3.63, 3.8) is 0 Å². The lowest BCUT2D eigenvalue weighted by Gasteiger charge is -2.57. The molecule has 0 fully saturated rings. The molecule has 0 aromatic rings. The molecule has 122 valence electrons. The highest BCUT2D eigenvalue weighted by molar-refractivity contribution is 4.99. The first-order valence-electron chi connectivity index (χ1n) is 8.92. The molecule has 0 aliphatic rings. The molecule has 2 unspecified atom stereocenters. The third-order valence-corrected chi connectivity index (χ3v) is 5.82. The Morgan fingerprint density at radius 2 is 1.15 bits per heavy atom. The van der Waals surface area contributed by atoms with E-state index in [2.05, 4.69) is 76.2 Å². The lowest BCUT2D eigenvalue weighted by atomic mass is 9.48. The predicted octanol–water partition coefficient (Wildman–Crippen LogP) is 7.04. The van der Waals surface area contributed by atoms with Crippen LogP contribution in [0.4, 0.5) is 0 Å². The van der Waals surface area contributed by atoms with Crippen LogP contribution in [0.25, 0.3) is 0 Å². The molecular formula is C20H42. The van der Waals surface area contributed by atoms with Crippen LogP contribution in [0.3, 0.4) is 0 Å². The van der Waals surface area contributed by atoms with Crippen LogP contribution < -0.4 is 0 Å². The SMILES string of the molecule is CCC(C)C(C(C)C)(C(C)C)C(CC(C)C)C(C)(C)C. The molecule has 0 aromatic heterocycles. The van der Waals surface area contributed by atoms with E-state index in [1.807, 2.05) is 0 Å². The van der Waals surface area contributed by atoms with Gasteiger partial charge in [-0.15, -0.1) is 0 Å². The molecule has 0 saturated carbocycles. The van der Waals surface area contributed by atoms with Crippen LogP contribution in [0, 0.1) is 40.4 Å². The average molecular weight is 283 g/mol. The fraction of sp³-hybridized carbons (Fsp3) is 1.00. The van der Waals surface area contributed by atoms with E-state index in [0.717, 1.165) is 29.6 Å². The Balaban J connectivity index is 5.99. The third-order valence-electron chi connectivity index (χ3n) is 5.82. The molecule has 0 rings (SSSR count). The molecular weight excluding hydrogens is 240 g/mol. The molecule has 0 bridgehead atoms. The first-order chi connectivity index (χ1) is 8.92. The molecule has 0 aromatic carbocycles. The van der Waals surface area contributed by atoms with E-state index in [0.29, 0.717) is 10.8 Å². The highest BCUT2D eigenvalue weighted by Gasteiger charge is 2.51. The quantitative estimate of drug-likeness (QED) is 0.470. The zero-order valence-corrected chi connectivity index (χ0v) is 16.3. The van der Waals surface area contributed by atoms with Crippen LogP contribution in [-0.2, 0) is 0 Å². The topological polar surface area (TPSA) is 0 Å². The molecule has 0 spiro atoms. The van der Waals surface area contributed by atoms with Crippen LogP contribution in [-0.4, -0.2) is 0 Å². The fourth-order valence-electron chi connectivity index (χ4n) is 5.09. The monoisotopic (exact) mass is 282 g/mol. The van der Waals surface area contributed by atoms with Gasteiger partial charge < -0.3 is 0 Å². The van der Waals surface area contributed by atoms with Gasteiger partial charge in [0, 0.05) is 0 Å².